The summed E-state index contributed by atoms with van der Waals surface area (Å²) in [4.78, 5) is 2.41. The predicted molar refractivity (Wildman–Crippen MR) is 56.8 cm³/mol. The molecule has 0 spiro atoms. The lowest BCUT2D eigenvalue weighted by Gasteiger charge is -2.39. The van der Waals surface area contributed by atoms with Crippen molar-refractivity contribution in [2.24, 2.45) is 5.73 Å². The van der Waals surface area contributed by atoms with Gasteiger partial charge in [-0.25, -0.2) is 0 Å². The maximum atomic E-state index is 5.76. The van der Waals surface area contributed by atoms with Crippen LogP contribution in [0.1, 0.15) is 18.4 Å². The van der Waals surface area contributed by atoms with E-state index in [2.05, 4.69) is 28.8 Å². The highest BCUT2D eigenvalue weighted by atomic mass is 32.1. The number of nitrogens with two attached hydrogens (primary N) is 1. The van der Waals surface area contributed by atoms with E-state index < -0.39 is 0 Å². The van der Waals surface area contributed by atoms with E-state index in [4.69, 9.17) is 5.73 Å². The first-order valence-corrected chi connectivity index (χ1v) is 5.67. The van der Waals surface area contributed by atoms with Gasteiger partial charge in [0.25, 0.3) is 0 Å². The van der Waals surface area contributed by atoms with Gasteiger partial charge in [0.15, 0.2) is 0 Å². The number of thiophene rings is 1. The molecule has 1 aromatic rings. The third-order valence-corrected chi connectivity index (χ3v) is 3.52. The van der Waals surface area contributed by atoms with E-state index >= 15 is 0 Å². The molecule has 72 valence electrons. The Morgan fingerprint density at radius 3 is 2.92 bits per heavy atom. The molecule has 2 nitrogen and oxygen atoms in total. The van der Waals surface area contributed by atoms with Gasteiger partial charge in [0.05, 0.1) is 0 Å². The number of nitrogens with zero attached hydrogens (tertiary/aromatic N) is 1. The molecule has 1 saturated carbocycles. The van der Waals surface area contributed by atoms with E-state index in [0.717, 1.165) is 12.6 Å². The molecule has 0 aliphatic heterocycles. The van der Waals surface area contributed by atoms with E-state index in [9.17, 15) is 0 Å². The second kappa shape index (κ2) is 3.78. The Bertz CT molecular complexity index is 252. The first-order chi connectivity index (χ1) is 6.25. The van der Waals surface area contributed by atoms with Crippen molar-refractivity contribution in [3.63, 3.8) is 0 Å². The minimum Gasteiger partial charge on any atom is -0.328 e. The average molecular weight is 196 g/mol. The monoisotopic (exact) mass is 196 g/mol. The summed E-state index contributed by atoms with van der Waals surface area (Å²) in [6.45, 7) is 1.07. The summed E-state index contributed by atoms with van der Waals surface area (Å²) in [7, 11) is 2.19. The van der Waals surface area contributed by atoms with Gasteiger partial charge in [-0.1, -0.05) is 0 Å². The second-order valence-electron chi connectivity index (χ2n) is 3.93. The molecule has 0 amide bonds. The van der Waals surface area contributed by atoms with Crippen LogP contribution >= 0.6 is 11.3 Å². The van der Waals surface area contributed by atoms with Crippen molar-refractivity contribution < 1.29 is 0 Å². The Balaban J connectivity index is 1.82. The molecule has 0 aromatic carbocycles. The molecule has 1 aliphatic carbocycles. The molecule has 2 N–H and O–H groups in total. The molecule has 3 heteroatoms. The van der Waals surface area contributed by atoms with Crippen molar-refractivity contribution in [3.05, 3.63) is 22.4 Å². The topological polar surface area (TPSA) is 29.3 Å². The van der Waals surface area contributed by atoms with Crippen LogP contribution in [0.5, 0.6) is 0 Å². The Labute approximate surface area is 83.4 Å². The molecular formula is C10H16N2S. The molecule has 1 aromatic heterocycles. The van der Waals surface area contributed by atoms with E-state index in [-0.39, 0.29) is 0 Å². The van der Waals surface area contributed by atoms with Gasteiger partial charge < -0.3 is 5.73 Å². The molecule has 1 aliphatic rings. The fourth-order valence-corrected chi connectivity index (χ4v) is 2.45. The van der Waals surface area contributed by atoms with Crippen molar-refractivity contribution in [2.45, 2.75) is 31.5 Å². The first-order valence-electron chi connectivity index (χ1n) is 4.72. The molecule has 0 saturated heterocycles. The average Bonchev–Trinajstić information content (AvgIpc) is 2.51. The first kappa shape index (κ1) is 9.19. The Morgan fingerprint density at radius 2 is 2.38 bits per heavy atom. The van der Waals surface area contributed by atoms with E-state index in [0.29, 0.717) is 6.04 Å². The van der Waals surface area contributed by atoms with E-state index in [1.807, 2.05) is 0 Å². The zero-order chi connectivity index (χ0) is 9.26. The van der Waals surface area contributed by atoms with Crippen molar-refractivity contribution in [1.82, 2.24) is 4.90 Å². The van der Waals surface area contributed by atoms with Crippen LogP contribution < -0.4 is 5.73 Å². The highest BCUT2D eigenvalue weighted by Crippen LogP contribution is 2.24. The van der Waals surface area contributed by atoms with E-state index in [1.54, 1.807) is 11.3 Å². The fraction of sp³-hybridized carbons (Fsp3) is 0.600. The summed E-state index contributed by atoms with van der Waals surface area (Å²) in [6.07, 6.45) is 2.33. The van der Waals surface area contributed by atoms with Gasteiger partial charge in [-0.05, 0) is 42.3 Å². The molecular weight excluding hydrogens is 180 g/mol. The maximum Gasteiger partial charge on any atom is 0.0241 e. The van der Waals surface area contributed by atoms with Crippen LogP contribution in [-0.4, -0.2) is 24.0 Å². The SMILES string of the molecule is CN(Cc1ccsc1)C1CC(N)C1. The highest BCUT2D eigenvalue weighted by Gasteiger charge is 2.28. The van der Waals surface area contributed by atoms with Gasteiger partial charge in [-0.3, -0.25) is 4.90 Å². The summed E-state index contributed by atoms with van der Waals surface area (Å²) in [5.74, 6) is 0. The van der Waals surface area contributed by atoms with Crippen LogP contribution in [0.3, 0.4) is 0 Å². The summed E-state index contributed by atoms with van der Waals surface area (Å²) >= 11 is 1.77. The zero-order valence-corrected chi connectivity index (χ0v) is 8.76. The van der Waals surface area contributed by atoms with Gasteiger partial charge in [0.1, 0.15) is 0 Å². The lowest BCUT2D eigenvalue weighted by atomic mass is 9.86. The Kier molecular flexibility index (Phi) is 2.67. The van der Waals surface area contributed by atoms with Crippen molar-refractivity contribution >= 4 is 11.3 Å². The third-order valence-electron chi connectivity index (χ3n) is 2.79. The van der Waals surface area contributed by atoms with Crippen LogP contribution in [0.25, 0.3) is 0 Å². The molecule has 13 heavy (non-hydrogen) atoms. The molecule has 1 heterocycles. The summed E-state index contributed by atoms with van der Waals surface area (Å²) < 4.78 is 0. The lowest BCUT2D eigenvalue weighted by molar-refractivity contribution is 0.133. The third kappa shape index (κ3) is 2.10. The summed E-state index contributed by atoms with van der Waals surface area (Å²) in [5, 5.41) is 4.35. The van der Waals surface area contributed by atoms with Crippen LogP contribution in [0.15, 0.2) is 16.8 Å². The normalized spacial score (nSPS) is 27.6. The van der Waals surface area contributed by atoms with Crippen LogP contribution in [0.4, 0.5) is 0 Å². The van der Waals surface area contributed by atoms with Gasteiger partial charge >= 0.3 is 0 Å². The van der Waals surface area contributed by atoms with Crippen molar-refractivity contribution in [2.75, 3.05) is 7.05 Å². The molecule has 2 rings (SSSR count). The minimum absolute atomic E-state index is 0.454. The quantitative estimate of drug-likeness (QED) is 0.797. The standard InChI is InChI=1S/C10H16N2S/c1-12(10-4-9(11)5-10)6-8-2-3-13-7-8/h2-3,7,9-10H,4-6,11H2,1H3. The Morgan fingerprint density at radius 1 is 1.62 bits per heavy atom. The number of hydrogen-bond acceptors (Lipinski definition) is 3. The molecule has 0 radical (unpaired) electrons. The summed E-state index contributed by atoms with van der Waals surface area (Å²) in [5.41, 5.74) is 7.18. The largest absolute Gasteiger partial charge is 0.328 e. The predicted octanol–water partition coefficient (Wildman–Crippen LogP) is 1.67. The van der Waals surface area contributed by atoms with Crippen LogP contribution in [0, 0.1) is 0 Å². The minimum atomic E-state index is 0.454. The fourth-order valence-electron chi connectivity index (χ4n) is 1.79. The molecule has 0 bridgehead atoms. The summed E-state index contributed by atoms with van der Waals surface area (Å²) in [6, 6.07) is 3.37. The van der Waals surface area contributed by atoms with Crippen LogP contribution in [-0.2, 0) is 6.54 Å². The number of hydrogen-bond donors (Lipinski definition) is 1. The van der Waals surface area contributed by atoms with Crippen molar-refractivity contribution in [3.8, 4) is 0 Å². The van der Waals surface area contributed by atoms with Gasteiger partial charge in [0, 0.05) is 18.6 Å². The molecule has 0 unspecified atom stereocenters. The Hall–Kier alpha value is -0.380. The van der Waals surface area contributed by atoms with Crippen LogP contribution in [0.2, 0.25) is 0 Å². The second-order valence-corrected chi connectivity index (χ2v) is 4.71. The van der Waals surface area contributed by atoms with Gasteiger partial charge in [0.2, 0.25) is 0 Å². The van der Waals surface area contributed by atoms with Crippen molar-refractivity contribution in [1.29, 1.82) is 0 Å². The maximum absolute atomic E-state index is 5.76. The van der Waals surface area contributed by atoms with E-state index in [1.165, 1.54) is 18.4 Å². The lowest BCUT2D eigenvalue weighted by Crippen LogP contribution is -2.48. The number of rotatable bonds is 3. The van der Waals surface area contributed by atoms with Gasteiger partial charge in [-0.15, -0.1) is 0 Å². The molecule has 1 fully saturated rings. The molecule has 0 atom stereocenters. The zero-order valence-electron chi connectivity index (χ0n) is 7.94. The highest BCUT2D eigenvalue weighted by molar-refractivity contribution is 7.07. The van der Waals surface area contributed by atoms with Gasteiger partial charge in [-0.2, -0.15) is 11.3 Å². The smallest absolute Gasteiger partial charge is 0.0241 e.